The highest BCUT2D eigenvalue weighted by molar-refractivity contribution is 7.55. The minimum atomic E-state index is 0.280. The van der Waals surface area contributed by atoms with Gasteiger partial charge in [0, 0.05) is 19.0 Å². The lowest BCUT2D eigenvalue weighted by Crippen LogP contribution is -2.30. The summed E-state index contributed by atoms with van der Waals surface area (Å²) < 4.78 is 11.1. The average molecular weight is 436 g/mol. The Bertz CT molecular complexity index is 902. The molecule has 0 aromatic heterocycles. The van der Waals surface area contributed by atoms with E-state index in [1.807, 2.05) is 0 Å². The maximum absolute atomic E-state index is 5.94. The van der Waals surface area contributed by atoms with Crippen LogP contribution in [-0.4, -0.2) is 31.9 Å². The molecule has 164 valence electrons. The van der Waals surface area contributed by atoms with Gasteiger partial charge in [0.15, 0.2) is 6.79 Å². The molecule has 0 N–H and O–H groups in total. The van der Waals surface area contributed by atoms with Crippen molar-refractivity contribution in [2.24, 2.45) is 5.92 Å². The van der Waals surface area contributed by atoms with E-state index < -0.39 is 0 Å². The molecule has 1 aliphatic heterocycles. The maximum atomic E-state index is 5.94. The summed E-state index contributed by atoms with van der Waals surface area (Å²) in [5.41, 5.74) is 2.83. The minimum absolute atomic E-state index is 0.280. The second-order valence-corrected chi connectivity index (χ2v) is 9.84. The molecule has 2 aromatic carbocycles. The molecule has 0 radical (unpaired) electrons. The number of ether oxygens (including phenoxy) is 2. The van der Waals surface area contributed by atoms with Crippen LogP contribution in [0.4, 0.5) is 0 Å². The summed E-state index contributed by atoms with van der Waals surface area (Å²) in [5, 5.41) is 2.70. The van der Waals surface area contributed by atoms with Crippen molar-refractivity contribution in [1.82, 2.24) is 4.90 Å². The summed E-state index contributed by atoms with van der Waals surface area (Å²) in [4.78, 5) is 2.61. The molecule has 0 bridgehead atoms. The zero-order chi connectivity index (χ0) is 21.3. The molecular weight excluding hydrogens is 401 g/mol. The molecule has 0 amide bonds. The van der Waals surface area contributed by atoms with Gasteiger partial charge in [-0.1, -0.05) is 69.6 Å². The molecule has 2 aliphatic rings. The van der Waals surface area contributed by atoms with E-state index in [-0.39, 0.29) is 6.79 Å². The highest BCUT2D eigenvalue weighted by Crippen LogP contribution is 2.25. The van der Waals surface area contributed by atoms with E-state index in [0.717, 1.165) is 25.1 Å². The number of piperidine rings is 1. The van der Waals surface area contributed by atoms with Crippen molar-refractivity contribution in [2.45, 2.75) is 38.6 Å². The number of rotatable bonds is 9. The summed E-state index contributed by atoms with van der Waals surface area (Å²) in [6.07, 6.45) is 15.1. The van der Waals surface area contributed by atoms with E-state index in [2.05, 4.69) is 71.7 Å². The highest BCUT2D eigenvalue weighted by atomic mass is 31.1. The molecule has 1 saturated heterocycles. The number of methoxy groups -OCH3 is 1. The third-order valence-corrected chi connectivity index (χ3v) is 7.49. The Hall–Kier alpha value is -1.93. The van der Waals surface area contributed by atoms with Gasteiger partial charge < -0.3 is 9.47 Å². The van der Waals surface area contributed by atoms with Crippen LogP contribution in [0.1, 0.15) is 36.8 Å². The Morgan fingerprint density at radius 1 is 1.00 bits per heavy atom. The fraction of sp³-hybridized carbons (Fsp3) is 0.407. The first-order valence-electron chi connectivity index (χ1n) is 11.5. The van der Waals surface area contributed by atoms with Crippen LogP contribution in [0.3, 0.4) is 0 Å². The Morgan fingerprint density at radius 3 is 2.68 bits per heavy atom. The summed E-state index contributed by atoms with van der Waals surface area (Å²) in [5.74, 6) is 1.52. The van der Waals surface area contributed by atoms with E-state index in [0.29, 0.717) is 14.5 Å². The van der Waals surface area contributed by atoms with Gasteiger partial charge in [-0.15, -0.1) is 0 Å². The minimum Gasteiger partial charge on any atom is -0.467 e. The maximum Gasteiger partial charge on any atom is 0.188 e. The summed E-state index contributed by atoms with van der Waals surface area (Å²) >= 11 is 0. The smallest absolute Gasteiger partial charge is 0.188 e. The molecule has 4 heteroatoms. The molecular formula is C27H34NO2P. The van der Waals surface area contributed by atoms with Gasteiger partial charge in [-0.3, -0.25) is 4.90 Å². The van der Waals surface area contributed by atoms with Gasteiger partial charge in [-0.05, 0) is 73.3 Å². The first kappa shape index (κ1) is 22.3. The van der Waals surface area contributed by atoms with Crippen LogP contribution in [-0.2, 0) is 17.7 Å². The molecule has 31 heavy (non-hydrogen) atoms. The molecule has 1 aliphatic carbocycles. The average Bonchev–Trinajstić information content (AvgIpc) is 2.81. The number of hydrogen-bond donors (Lipinski definition) is 0. The van der Waals surface area contributed by atoms with Crippen molar-refractivity contribution in [3.8, 4) is 5.75 Å². The lowest BCUT2D eigenvalue weighted by atomic mass is 9.93. The van der Waals surface area contributed by atoms with Crippen molar-refractivity contribution >= 4 is 19.2 Å². The zero-order valence-electron chi connectivity index (χ0n) is 18.6. The van der Waals surface area contributed by atoms with Crippen molar-refractivity contribution < 1.29 is 9.47 Å². The standard InChI is InChI=1S/C27H34NO2P/c1-29-21-30-25-15-14-23(18-22-10-4-2-5-11-22)19-27(25)31-26-13-7-6-12-24(26)20-28-16-8-3-9-17-28/h2,4-7,10,12-15,19,22,31H,3,8-9,11,16-18,20-21H2,1H3. The molecule has 1 heterocycles. The number of benzene rings is 2. The van der Waals surface area contributed by atoms with Crippen LogP contribution >= 0.6 is 8.58 Å². The van der Waals surface area contributed by atoms with Crippen LogP contribution < -0.4 is 15.3 Å². The van der Waals surface area contributed by atoms with Crippen molar-refractivity contribution in [1.29, 1.82) is 0 Å². The van der Waals surface area contributed by atoms with Gasteiger partial charge in [0.1, 0.15) is 5.75 Å². The molecule has 2 aromatic rings. The lowest BCUT2D eigenvalue weighted by molar-refractivity contribution is 0.0519. The van der Waals surface area contributed by atoms with Gasteiger partial charge in [-0.2, -0.15) is 0 Å². The molecule has 1 fully saturated rings. The first-order valence-corrected chi connectivity index (χ1v) is 12.5. The monoisotopic (exact) mass is 435 g/mol. The van der Waals surface area contributed by atoms with Crippen LogP contribution in [0.2, 0.25) is 0 Å². The predicted octanol–water partition coefficient (Wildman–Crippen LogP) is 4.96. The van der Waals surface area contributed by atoms with E-state index in [9.17, 15) is 0 Å². The molecule has 3 nitrogen and oxygen atoms in total. The van der Waals surface area contributed by atoms with Crippen molar-refractivity contribution in [3.05, 3.63) is 77.9 Å². The van der Waals surface area contributed by atoms with Crippen molar-refractivity contribution in [2.75, 3.05) is 27.0 Å². The van der Waals surface area contributed by atoms with Crippen LogP contribution in [0, 0.1) is 5.92 Å². The first-order chi connectivity index (χ1) is 15.3. The number of allylic oxidation sites excluding steroid dienone is 4. The topological polar surface area (TPSA) is 21.7 Å². The largest absolute Gasteiger partial charge is 0.467 e. The third-order valence-electron chi connectivity index (χ3n) is 6.07. The fourth-order valence-corrected chi connectivity index (χ4v) is 5.75. The lowest BCUT2D eigenvalue weighted by Gasteiger charge is -2.27. The van der Waals surface area contributed by atoms with Gasteiger partial charge >= 0.3 is 0 Å². The highest BCUT2D eigenvalue weighted by Gasteiger charge is 2.15. The second kappa shape index (κ2) is 11.6. The Kier molecular flexibility index (Phi) is 8.35. The number of likely N-dealkylation sites (tertiary alicyclic amines) is 1. The second-order valence-electron chi connectivity index (χ2n) is 8.51. The quantitative estimate of drug-likeness (QED) is 0.411. The van der Waals surface area contributed by atoms with Crippen LogP contribution in [0.5, 0.6) is 5.75 Å². The summed E-state index contributed by atoms with van der Waals surface area (Å²) in [6.45, 7) is 3.77. The van der Waals surface area contributed by atoms with Crippen LogP contribution in [0.25, 0.3) is 0 Å². The van der Waals surface area contributed by atoms with E-state index in [1.54, 1.807) is 7.11 Å². The van der Waals surface area contributed by atoms with Crippen LogP contribution in [0.15, 0.2) is 66.8 Å². The fourth-order valence-electron chi connectivity index (χ4n) is 4.42. The normalized spacial score (nSPS) is 19.3. The Labute approximate surface area is 188 Å². The molecule has 2 unspecified atom stereocenters. The number of nitrogens with zero attached hydrogens (tertiary/aromatic N) is 1. The Balaban J connectivity index is 1.54. The van der Waals surface area contributed by atoms with E-state index in [4.69, 9.17) is 9.47 Å². The number of hydrogen-bond acceptors (Lipinski definition) is 3. The third kappa shape index (κ3) is 6.53. The van der Waals surface area contributed by atoms with E-state index in [1.165, 1.54) is 54.1 Å². The van der Waals surface area contributed by atoms with Gasteiger partial charge in [0.25, 0.3) is 0 Å². The summed E-state index contributed by atoms with van der Waals surface area (Å²) in [7, 11) is 2.25. The summed E-state index contributed by atoms with van der Waals surface area (Å²) in [6, 6.07) is 15.6. The SMILES string of the molecule is COCOc1ccc(CC2C=CC=CC2)cc1Pc1ccccc1CN1CCCCC1. The molecule has 4 rings (SSSR count). The van der Waals surface area contributed by atoms with E-state index >= 15 is 0 Å². The molecule has 0 saturated carbocycles. The van der Waals surface area contributed by atoms with Gasteiger partial charge in [0.2, 0.25) is 0 Å². The predicted molar refractivity (Wildman–Crippen MR) is 132 cm³/mol. The Morgan fingerprint density at radius 2 is 1.87 bits per heavy atom. The molecule has 2 atom stereocenters. The van der Waals surface area contributed by atoms with Gasteiger partial charge in [0.05, 0.1) is 0 Å². The van der Waals surface area contributed by atoms with Crippen molar-refractivity contribution in [3.63, 3.8) is 0 Å². The molecule has 0 spiro atoms. The zero-order valence-corrected chi connectivity index (χ0v) is 19.6. The van der Waals surface area contributed by atoms with Gasteiger partial charge in [-0.25, -0.2) is 0 Å².